The van der Waals surface area contributed by atoms with Crippen molar-refractivity contribution < 1.29 is 105 Å². The minimum absolute atomic E-state index is 0.0166. The van der Waals surface area contributed by atoms with Gasteiger partial charge in [-0.05, 0) is 18.6 Å². The number of carbonyl (C=O) groups excluding carboxylic acids is 8. The number of hydrogen-bond acceptors (Lipinski definition) is 24. The number of carbonyl (C=O) groups is 8. The fourth-order valence-electron chi connectivity index (χ4n) is 8.28. The maximum atomic E-state index is 13.6. The summed E-state index contributed by atoms with van der Waals surface area (Å²) in [7, 11) is 2.28. The van der Waals surface area contributed by atoms with Crippen LogP contribution in [0.2, 0.25) is 0 Å². The van der Waals surface area contributed by atoms with Crippen LogP contribution >= 0.6 is 0 Å². The minimum Gasteiger partial charge on any atom is -0.480 e. The van der Waals surface area contributed by atoms with Crippen LogP contribution in [0.3, 0.4) is 0 Å². The summed E-state index contributed by atoms with van der Waals surface area (Å²) in [4.78, 5) is 111. The topological polar surface area (TPSA) is 434 Å². The van der Waals surface area contributed by atoms with Gasteiger partial charge in [-0.1, -0.05) is 5.92 Å². The zero-order valence-electron chi connectivity index (χ0n) is 45.4. The lowest BCUT2D eigenvalue weighted by Gasteiger charge is -2.40. The van der Waals surface area contributed by atoms with E-state index in [1.807, 2.05) is 0 Å². The number of cyclic esters (lactones) is 4. The summed E-state index contributed by atoms with van der Waals surface area (Å²) in [5.41, 5.74) is 22.6. The third kappa shape index (κ3) is 23.9. The lowest BCUT2D eigenvalue weighted by Crippen LogP contribution is -2.60. The molecule has 0 unspecified atom stereocenters. The summed E-state index contributed by atoms with van der Waals surface area (Å²) < 4.78 is 76.0. The second-order valence-electron chi connectivity index (χ2n) is 17.8. The van der Waals surface area contributed by atoms with E-state index in [-0.39, 0.29) is 140 Å². The van der Waals surface area contributed by atoms with Gasteiger partial charge in [0.2, 0.25) is 35.1 Å². The van der Waals surface area contributed by atoms with Gasteiger partial charge in [-0.25, -0.2) is 29.2 Å². The Kier molecular flexibility index (Phi) is 29.1. The van der Waals surface area contributed by atoms with E-state index in [9.17, 15) is 38.4 Å². The molecule has 0 bridgehead atoms. The van der Waals surface area contributed by atoms with Crippen molar-refractivity contribution in [1.29, 1.82) is 0 Å². The van der Waals surface area contributed by atoms with Crippen molar-refractivity contribution in [1.82, 2.24) is 20.9 Å². The lowest BCUT2D eigenvalue weighted by atomic mass is 9.92. The van der Waals surface area contributed by atoms with Crippen molar-refractivity contribution in [2.24, 2.45) is 32.9 Å². The molecule has 81 heavy (non-hydrogen) atoms. The standard InChI is InChI=1S/C49H74N10O22/c1-5-14-70-18-20-72-22-23-73-21-19-71-15-9-39(63)59(12-6-7-37(61)54-10-16-74-41(35-27-76-48(66)80-35)32-24-30(57-46(50)51)25-33(78-32)44(64)68-3)13-8-38(62)55-11-17-75-42(36-28-77-49(67)81-36)43-40(56-29(2)60)31(58-47(52)53)26-34(79-43)45(65)69-4/h1,25-26,30-32,35-36,40-43H,6-24,27-28H2,2-4H3,(H,54,61)(H,55,62)(H,56,60)(H4,50,51,57)(H4,52,53,58)/t30-,31+,32-,35-,36-,40-,41+,42-,43-/m1/s1. The van der Waals surface area contributed by atoms with E-state index < -0.39 is 96.7 Å². The van der Waals surface area contributed by atoms with Crippen LogP contribution < -0.4 is 38.9 Å². The molecule has 4 amide bonds. The number of esters is 2. The molecule has 11 N–H and O–H groups in total. The number of guanidine groups is 2. The fourth-order valence-corrected chi connectivity index (χ4v) is 8.28. The Morgan fingerprint density at radius 1 is 0.679 bits per heavy atom. The first kappa shape index (κ1) is 65.8. The van der Waals surface area contributed by atoms with Crippen molar-refractivity contribution in [2.45, 2.75) is 93.8 Å². The van der Waals surface area contributed by atoms with Crippen molar-refractivity contribution in [3.05, 3.63) is 23.7 Å². The zero-order valence-corrected chi connectivity index (χ0v) is 45.4. The number of nitrogens with two attached hydrogens (primary N) is 4. The van der Waals surface area contributed by atoms with Crippen LogP contribution in [0, 0.1) is 12.3 Å². The molecule has 0 aromatic carbocycles. The molecular formula is C49H74N10O22. The Bertz CT molecular complexity index is 2270. The molecule has 452 valence electrons. The molecule has 0 aromatic rings. The van der Waals surface area contributed by atoms with Crippen LogP contribution in [-0.4, -0.2) is 239 Å². The number of aliphatic imine (C=N–C) groups is 2. The van der Waals surface area contributed by atoms with Crippen molar-refractivity contribution in [3.8, 4) is 12.3 Å². The predicted molar refractivity (Wildman–Crippen MR) is 276 cm³/mol. The number of ether oxygens (including phenoxy) is 14. The van der Waals surface area contributed by atoms with E-state index in [1.54, 1.807) is 0 Å². The monoisotopic (exact) mass is 1150 g/mol. The number of hydrogen-bond donors (Lipinski definition) is 7. The Morgan fingerprint density at radius 2 is 1.22 bits per heavy atom. The number of amides is 4. The van der Waals surface area contributed by atoms with Gasteiger partial charge in [-0.2, -0.15) is 0 Å². The van der Waals surface area contributed by atoms with Crippen LogP contribution in [0.25, 0.3) is 0 Å². The van der Waals surface area contributed by atoms with E-state index in [4.69, 9.17) is 95.7 Å². The molecule has 9 atom stereocenters. The van der Waals surface area contributed by atoms with E-state index in [1.165, 1.54) is 24.0 Å². The van der Waals surface area contributed by atoms with Gasteiger partial charge in [0.1, 0.15) is 38.1 Å². The van der Waals surface area contributed by atoms with E-state index in [0.717, 1.165) is 14.2 Å². The van der Waals surface area contributed by atoms with E-state index >= 15 is 0 Å². The SMILES string of the molecule is C#CCOCCOCCOCCOCCC(=O)N(CCCC(=O)NCCO[C@H]([C@H]1COC(=O)O1)[C@H]1C[C@@H](N=C(N)N)C=C(C(=O)OC)O1)CCC(=O)NCCO[C@@H]([C@@H]1OC(C(=O)OC)=C[C@H](N=C(N)N)[C@H]1NC(C)=O)[C@H]1COC(=O)O1. The minimum atomic E-state index is -1.29. The van der Waals surface area contributed by atoms with Crippen LogP contribution in [0.1, 0.15) is 39.0 Å². The number of terminal acetylenes is 1. The summed E-state index contributed by atoms with van der Waals surface area (Å²) in [6.07, 6.45) is -0.735. The summed E-state index contributed by atoms with van der Waals surface area (Å²) in [5, 5.41) is 8.14. The molecular weight excluding hydrogens is 1080 g/mol. The summed E-state index contributed by atoms with van der Waals surface area (Å²) in [6.45, 7) is 2.26. The van der Waals surface area contributed by atoms with Gasteiger partial charge in [0.05, 0.1) is 98.2 Å². The van der Waals surface area contributed by atoms with Gasteiger partial charge in [0, 0.05) is 52.4 Å². The number of rotatable bonds is 37. The zero-order chi connectivity index (χ0) is 59.1. The molecule has 0 aromatic heterocycles. The van der Waals surface area contributed by atoms with Gasteiger partial charge >= 0.3 is 24.2 Å². The van der Waals surface area contributed by atoms with Gasteiger partial charge in [0.25, 0.3) is 0 Å². The molecule has 4 aliphatic rings. The summed E-state index contributed by atoms with van der Waals surface area (Å²) >= 11 is 0. The lowest BCUT2D eigenvalue weighted by molar-refractivity contribution is -0.151. The second-order valence-corrected chi connectivity index (χ2v) is 17.8. The molecule has 32 nitrogen and oxygen atoms in total. The highest BCUT2D eigenvalue weighted by molar-refractivity contribution is 5.87. The molecule has 2 fully saturated rings. The van der Waals surface area contributed by atoms with E-state index in [0.29, 0.717) is 26.4 Å². The summed E-state index contributed by atoms with van der Waals surface area (Å²) in [5.74, 6) is -2.28. The molecule has 0 radical (unpaired) electrons. The average Bonchev–Trinajstić information content (AvgIpc) is 4.10. The maximum absolute atomic E-state index is 13.6. The largest absolute Gasteiger partial charge is 0.508 e. The normalized spacial score (nSPS) is 21.6. The van der Waals surface area contributed by atoms with Crippen LogP contribution in [0.15, 0.2) is 33.7 Å². The van der Waals surface area contributed by atoms with Crippen molar-refractivity contribution >= 4 is 59.8 Å². The molecule has 2 saturated heterocycles. The van der Waals surface area contributed by atoms with Gasteiger partial charge in [-0.15, -0.1) is 6.42 Å². The Morgan fingerprint density at radius 3 is 1.77 bits per heavy atom. The summed E-state index contributed by atoms with van der Waals surface area (Å²) in [6, 6.07) is -2.88. The van der Waals surface area contributed by atoms with Crippen LogP contribution in [0.5, 0.6) is 0 Å². The van der Waals surface area contributed by atoms with Crippen molar-refractivity contribution in [2.75, 3.05) is 120 Å². The van der Waals surface area contributed by atoms with Gasteiger partial charge in [0.15, 0.2) is 30.2 Å². The smallest absolute Gasteiger partial charge is 0.480 e. The molecule has 4 rings (SSSR count). The second kappa shape index (κ2) is 35.8. The highest BCUT2D eigenvalue weighted by atomic mass is 16.8. The average molecular weight is 1160 g/mol. The number of nitrogens with zero attached hydrogens (tertiary/aromatic N) is 3. The molecule has 0 spiro atoms. The van der Waals surface area contributed by atoms with Crippen LogP contribution in [0.4, 0.5) is 9.59 Å². The first-order chi connectivity index (χ1) is 38.9. The Balaban J connectivity index is 1.33. The van der Waals surface area contributed by atoms with Gasteiger partial charge < -0.3 is 110 Å². The molecule has 32 heteroatoms. The first-order valence-electron chi connectivity index (χ1n) is 25.8. The highest BCUT2D eigenvalue weighted by Gasteiger charge is 2.49. The molecule has 4 heterocycles. The highest BCUT2D eigenvalue weighted by Crippen LogP contribution is 2.30. The Hall–Kier alpha value is -7.70. The van der Waals surface area contributed by atoms with Crippen molar-refractivity contribution in [3.63, 3.8) is 0 Å². The van der Waals surface area contributed by atoms with Gasteiger partial charge in [-0.3, -0.25) is 19.2 Å². The third-order valence-electron chi connectivity index (χ3n) is 11.8. The molecule has 0 saturated carbocycles. The number of methoxy groups -OCH3 is 2. The Labute approximate surface area is 466 Å². The molecule has 0 aliphatic carbocycles. The first-order valence-corrected chi connectivity index (χ1v) is 25.8. The fraction of sp³-hybridized carbons (Fsp3) is 0.673. The molecule has 4 aliphatic heterocycles. The number of nitrogens with one attached hydrogen (secondary N) is 3. The predicted octanol–water partition coefficient (Wildman–Crippen LogP) is -3.76. The maximum Gasteiger partial charge on any atom is 0.508 e. The van der Waals surface area contributed by atoms with Crippen LogP contribution in [-0.2, 0) is 95.1 Å². The third-order valence-corrected chi connectivity index (χ3v) is 11.8. The van der Waals surface area contributed by atoms with E-state index in [2.05, 4.69) is 31.9 Å². The quantitative estimate of drug-likeness (QED) is 0.00784.